The highest BCUT2D eigenvalue weighted by Gasteiger charge is 2.07. The molecule has 2 N–H and O–H groups in total. The Morgan fingerprint density at radius 1 is 1.31 bits per heavy atom. The fraction of sp³-hybridized carbons (Fsp3) is 0.615. The van der Waals surface area contributed by atoms with E-state index in [1.165, 1.54) is 12.8 Å². The third-order valence-corrected chi connectivity index (χ3v) is 2.70. The number of aromatic nitrogens is 1. The lowest BCUT2D eigenvalue weighted by molar-refractivity contribution is 0.172. The van der Waals surface area contributed by atoms with Gasteiger partial charge in [-0.1, -0.05) is 20.3 Å². The van der Waals surface area contributed by atoms with Crippen LogP contribution in [0.1, 0.15) is 38.4 Å². The van der Waals surface area contributed by atoms with Gasteiger partial charge in [-0.15, -0.1) is 0 Å². The molecule has 0 bridgehead atoms. The lowest BCUT2D eigenvalue weighted by Crippen LogP contribution is -2.26. The predicted octanol–water partition coefficient (Wildman–Crippen LogP) is 2.14. The molecule has 1 aromatic rings. The van der Waals surface area contributed by atoms with Gasteiger partial charge in [0.05, 0.1) is 6.10 Å². The van der Waals surface area contributed by atoms with E-state index in [0.29, 0.717) is 12.5 Å². The number of nitrogens with one attached hydrogen (secondary N) is 1. The number of rotatable bonds is 7. The Morgan fingerprint density at radius 3 is 2.62 bits per heavy atom. The first-order chi connectivity index (χ1) is 7.74. The first-order valence-electron chi connectivity index (χ1n) is 6.02. The molecule has 3 nitrogen and oxygen atoms in total. The van der Waals surface area contributed by atoms with E-state index in [0.717, 1.165) is 12.1 Å². The first-order valence-corrected chi connectivity index (χ1v) is 6.02. The molecule has 0 spiro atoms. The van der Waals surface area contributed by atoms with Gasteiger partial charge in [-0.25, -0.2) is 0 Å². The van der Waals surface area contributed by atoms with Crippen molar-refractivity contribution in [3.05, 3.63) is 30.1 Å². The van der Waals surface area contributed by atoms with Crippen LogP contribution in [0.25, 0.3) is 0 Å². The molecule has 1 aromatic heterocycles. The van der Waals surface area contributed by atoms with Gasteiger partial charge in [-0.05, 0) is 36.6 Å². The second kappa shape index (κ2) is 7.36. The van der Waals surface area contributed by atoms with Gasteiger partial charge in [0.1, 0.15) is 0 Å². The van der Waals surface area contributed by atoms with Crippen LogP contribution in [0.3, 0.4) is 0 Å². The number of aliphatic hydroxyl groups excluding tert-OH is 1. The molecule has 3 heteroatoms. The maximum Gasteiger partial charge on any atom is 0.0915 e. The van der Waals surface area contributed by atoms with Gasteiger partial charge in [-0.3, -0.25) is 4.98 Å². The molecule has 0 aromatic carbocycles. The minimum absolute atomic E-state index is 0.433. The van der Waals surface area contributed by atoms with Crippen LogP contribution < -0.4 is 5.32 Å². The molecule has 0 fully saturated rings. The number of nitrogens with zero attached hydrogens (tertiary/aromatic N) is 1. The largest absolute Gasteiger partial charge is 0.387 e. The molecule has 2 atom stereocenters. The smallest absolute Gasteiger partial charge is 0.0915 e. The Labute approximate surface area is 97.9 Å². The molecule has 90 valence electrons. The van der Waals surface area contributed by atoms with Gasteiger partial charge in [0.2, 0.25) is 0 Å². The lowest BCUT2D eigenvalue weighted by atomic mass is 10.1. The summed E-state index contributed by atoms with van der Waals surface area (Å²) in [6.07, 6.45) is 5.43. The van der Waals surface area contributed by atoms with E-state index < -0.39 is 6.10 Å². The minimum atomic E-state index is -0.433. The van der Waals surface area contributed by atoms with Crippen molar-refractivity contribution in [3.63, 3.8) is 0 Å². The highest BCUT2D eigenvalue weighted by atomic mass is 16.3. The van der Waals surface area contributed by atoms with Crippen molar-refractivity contribution in [2.24, 2.45) is 5.92 Å². The Bertz CT molecular complexity index is 277. The minimum Gasteiger partial charge on any atom is -0.387 e. The van der Waals surface area contributed by atoms with Crippen molar-refractivity contribution in [3.8, 4) is 0 Å². The monoisotopic (exact) mass is 222 g/mol. The van der Waals surface area contributed by atoms with E-state index in [2.05, 4.69) is 24.1 Å². The SMILES string of the molecule is CCCC(C)CNCC(O)c1ccncc1. The number of aliphatic hydroxyl groups is 1. The van der Waals surface area contributed by atoms with Crippen molar-refractivity contribution >= 4 is 0 Å². The summed E-state index contributed by atoms with van der Waals surface area (Å²) in [5.74, 6) is 0.676. The van der Waals surface area contributed by atoms with Crippen molar-refractivity contribution in [1.82, 2.24) is 10.3 Å². The highest BCUT2D eigenvalue weighted by molar-refractivity contribution is 5.13. The normalized spacial score (nSPS) is 14.7. The molecular weight excluding hydrogens is 200 g/mol. The summed E-state index contributed by atoms with van der Waals surface area (Å²) in [4.78, 5) is 3.93. The molecule has 1 rings (SSSR count). The van der Waals surface area contributed by atoms with Gasteiger partial charge in [0, 0.05) is 18.9 Å². The van der Waals surface area contributed by atoms with E-state index in [-0.39, 0.29) is 0 Å². The third kappa shape index (κ3) is 4.73. The molecule has 0 aliphatic heterocycles. The molecular formula is C13H22N2O. The van der Waals surface area contributed by atoms with E-state index >= 15 is 0 Å². The van der Waals surface area contributed by atoms with Crippen LogP contribution in [0.2, 0.25) is 0 Å². The summed E-state index contributed by atoms with van der Waals surface area (Å²) in [5.41, 5.74) is 0.922. The van der Waals surface area contributed by atoms with Crippen LogP contribution in [0.5, 0.6) is 0 Å². The number of hydrogen-bond donors (Lipinski definition) is 2. The van der Waals surface area contributed by atoms with Crippen molar-refractivity contribution in [1.29, 1.82) is 0 Å². The van der Waals surface area contributed by atoms with Gasteiger partial charge in [-0.2, -0.15) is 0 Å². The molecule has 0 amide bonds. The van der Waals surface area contributed by atoms with E-state index in [1.807, 2.05) is 12.1 Å². The average Bonchev–Trinajstić information content (AvgIpc) is 2.30. The van der Waals surface area contributed by atoms with Crippen LogP contribution in [0.15, 0.2) is 24.5 Å². The Hall–Kier alpha value is -0.930. The molecule has 0 radical (unpaired) electrons. The second-order valence-corrected chi connectivity index (χ2v) is 4.35. The van der Waals surface area contributed by atoms with Gasteiger partial charge >= 0.3 is 0 Å². The Morgan fingerprint density at radius 2 is 2.00 bits per heavy atom. The van der Waals surface area contributed by atoms with Crippen molar-refractivity contribution < 1.29 is 5.11 Å². The second-order valence-electron chi connectivity index (χ2n) is 4.35. The fourth-order valence-electron chi connectivity index (χ4n) is 1.76. The van der Waals surface area contributed by atoms with Crippen LogP contribution in [-0.2, 0) is 0 Å². The molecule has 2 unspecified atom stereocenters. The lowest BCUT2D eigenvalue weighted by Gasteiger charge is -2.15. The van der Waals surface area contributed by atoms with Gasteiger partial charge in [0.15, 0.2) is 0 Å². The van der Waals surface area contributed by atoms with Crippen molar-refractivity contribution in [2.45, 2.75) is 32.8 Å². The summed E-state index contributed by atoms with van der Waals surface area (Å²) in [6.45, 7) is 6.01. The average molecular weight is 222 g/mol. The van der Waals surface area contributed by atoms with Crippen molar-refractivity contribution in [2.75, 3.05) is 13.1 Å². The Kier molecular flexibility index (Phi) is 6.04. The molecule has 0 aliphatic carbocycles. The standard InChI is InChI=1S/C13H22N2O/c1-3-4-11(2)9-15-10-13(16)12-5-7-14-8-6-12/h5-8,11,13,15-16H,3-4,9-10H2,1-2H3. The maximum atomic E-state index is 9.87. The van der Waals surface area contributed by atoms with E-state index in [1.54, 1.807) is 12.4 Å². The topological polar surface area (TPSA) is 45.1 Å². The zero-order chi connectivity index (χ0) is 11.8. The van der Waals surface area contributed by atoms with Gasteiger partial charge < -0.3 is 10.4 Å². The van der Waals surface area contributed by atoms with Crippen LogP contribution >= 0.6 is 0 Å². The van der Waals surface area contributed by atoms with E-state index in [9.17, 15) is 5.11 Å². The summed E-state index contributed by atoms with van der Waals surface area (Å²) >= 11 is 0. The summed E-state index contributed by atoms with van der Waals surface area (Å²) in [5, 5.41) is 13.2. The van der Waals surface area contributed by atoms with Crippen LogP contribution in [-0.4, -0.2) is 23.2 Å². The fourth-order valence-corrected chi connectivity index (χ4v) is 1.76. The molecule has 0 aliphatic rings. The quantitative estimate of drug-likeness (QED) is 0.743. The summed E-state index contributed by atoms with van der Waals surface area (Å²) in [6, 6.07) is 3.70. The molecule has 0 saturated carbocycles. The van der Waals surface area contributed by atoms with E-state index in [4.69, 9.17) is 0 Å². The zero-order valence-electron chi connectivity index (χ0n) is 10.2. The number of pyridine rings is 1. The molecule has 1 heterocycles. The highest BCUT2D eigenvalue weighted by Crippen LogP contribution is 2.10. The zero-order valence-corrected chi connectivity index (χ0v) is 10.2. The number of hydrogen-bond acceptors (Lipinski definition) is 3. The van der Waals surface area contributed by atoms with Gasteiger partial charge in [0.25, 0.3) is 0 Å². The van der Waals surface area contributed by atoms with Crippen LogP contribution in [0.4, 0.5) is 0 Å². The third-order valence-electron chi connectivity index (χ3n) is 2.70. The summed E-state index contributed by atoms with van der Waals surface area (Å²) in [7, 11) is 0. The summed E-state index contributed by atoms with van der Waals surface area (Å²) < 4.78 is 0. The molecule has 16 heavy (non-hydrogen) atoms. The Balaban J connectivity index is 2.23. The maximum absolute atomic E-state index is 9.87. The molecule has 0 saturated heterocycles. The predicted molar refractivity (Wildman–Crippen MR) is 66.1 cm³/mol. The van der Waals surface area contributed by atoms with Crippen LogP contribution in [0, 0.1) is 5.92 Å². The first kappa shape index (κ1) is 13.1.